The number of likely N-dealkylation sites (tertiary alicyclic amines) is 1. The summed E-state index contributed by atoms with van der Waals surface area (Å²) in [6.07, 6.45) is 3.60. The van der Waals surface area contributed by atoms with Crippen molar-refractivity contribution >= 4 is 23.4 Å². The number of amides is 1. The maximum absolute atomic E-state index is 13.7. The Bertz CT molecular complexity index is 1140. The van der Waals surface area contributed by atoms with E-state index in [4.69, 9.17) is 0 Å². The van der Waals surface area contributed by atoms with Crippen molar-refractivity contribution in [2.24, 2.45) is 0 Å². The molecule has 180 valence electrons. The van der Waals surface area contributed by atoms with Gasteiger partial charge in [-0.25, -0.2) is 4.39 Å². The molecular formula is C26H32FN5OS. The van der Waals surface area contributed by atoms with Crippen molar-refractivity contribution in [2.75, 3.05) is 18.4 Å². The third-order valence-corrected chi connectivity index (χ3v) is 7.40. The summed E-state index contributed by atoms with van der Waals surface area (Å²) < 4.78 is 15.6. The van der Waals surface area contributed by atoms with Crippen LogP contribution in [0.4, 0.5) is 10.1 Å². The summed E-state index contributed by atoms with van der Waals surface area (Å²) in [7, 11) is 0. The molecule has 6 nitrogen and oxygen atoms in total. The highest BCUT2D eigenvalue weighted by Crippen LogP contribution is 2.31. The molecular weight excluding hydrogens is 449 g/mol. The van der Waals surface area contributed by atoms with Crippen molar-refractivity contribution in [3.8, 4) is 5.69 Å². The molecule has 2 aromatic carbocycles. The zero-order chi connectivity index (χ0) is 24.2. The number of piperidine rings is 1. The van der Waals surface area contributed by atoms with Crippen LogP contribution in [0, 0.1) is 19.7 Å². The minimum Gasteiger partial charge on any atom is -0.325 e. The van der Waals surface area contributed by atoms with Crippen LogP contribution < -0.4 is 5.32 Å². The van der Waals surface area contributed by atoms with Gasteiger partial charge in [0.15, 0.2) is 11.0 Å². The molecule has 1 fully saturated rings. The lowest BCUT2D eigenvalue weighted by Gasteiger charge is -2.32. The number of thioether (sulfide) groups is 1. The van der Waals surface area contributed by atoms with Gasteiger partial charge in [-0.1, -0.05) is 30.3 Å². The Labute approximate surface area is 205 Å². The lowest BCUT2D eigenvalue weighted by Crippen LogP contribution is -2.33. The van der Waals surface area contributed by atoms with E-state index in [1.165, 1.54) is 43.2 Å². The molecule has 2 unspecified atom stereocenters. The van der Waals surface area contributed by atoms with Crippen LogP contribution in [0.15, 0.2) is 47.6 Å². The number of hydrogen-bond donors (Lipinski definition) is 1. The lowest BCUT2D eigenvalue weighted by molar-refractivity contribution is -0.115. The largest absolute Gasteiger partial charge is 0.325 e. The molecule has 0 saturated carbocycles. The summed E-state index contributed by atoms with van der Waals surface area (Å²) in [6, 6.07) is 12.4. The van der Waals surface area contributed by atoms with E-state index in [0.717, 1.165) is 41.4 Å². The Morgan fingerprint density at radius 2 is 1.74 bits per heavy atom. The Kier molecular flexibility index (Phi) is 7.68. The molecule has 0 spiro atoms. The van der Waals surface area contributed by atoms with Gasteiger partial charge in [-0.3, -0.25) is 14.3 Å². The van der Waals surface area contributed by atoms with E-state index in [9.17, 15) is 9.18 Å². The first-order chi connectivity index (χ1) is 16.3. The first kappa shape index (κ1) is 24.4. The second-order valence-electron chi connectivity index (χ2n) is 8.99. The third kappa shape index (κ3) is 5.50. The fraction of sp³-hybridized carbons (Fsp3) is 0.423. The summed E-state index contributed by atoms with van der Waals surface area (Å²) in [5.41, 5.74) is 3.71. The average Bonchev–Trinajstić information content (AvgIpc) is 3.25. The van der Waals surface area contributed by atoms with Crippen LogP contribution in [0.3, 0.4) is 0 Å². The summed E-state index contributed by atoms with van der Waals surface area (Å²) in [4.78, 5) is 15.4. The summed E-state index contributed by atoms with van der Waals surface area (Å²) in [5, 5.41) is 12.3. The van der Waals surface area contributed by atoms with E-state index in [1.807, 2.05) is 43.5 Å². The van der Waals surface area contributed by atoms with Crippen molar-refractivity contribution < 1.29 is 9.18 Å². The van der Waals surface area contributed by atoms with Gasteiger partial charge in [-0.2, -0.15) is 0 Å². The molecule has 0 aliphatic carbocycles. The molecule has 4 rings (SSSR count). The Hall–Kier alpha value is -2.71. The van der Waals surface area contributed by atoms with Gasteiger partial charge >= 0.3 is 0 Å². The number of aryl methyl sites for hydroxylation is 2. The monoisotopic (exact) mass is 481 g/mol. The SMILES string of the molecule is Cc1ccc(C)c(NC(=O)C(C)Sc2nnc(C(C)N3CCCCC3)n2-c2ccc(F)cc2)c1. The molecule has 0 bridgehead atoms. The number of benzene rings is 2. The maximum Gasteiger partial charge on any atom is 0.237 e. The fourth-order valence-corrected chi connectivity index (χ4v) is 5.12. The van der Waals surface area contributed by atoms with E-state index < -0.39 is 5.25 Å². The topological polar surface area (TPSA) is 63.1 Å². The minimum atomic E-state index is -0.401. The number of carbonyl (C=O) groups excluding carboxylic acids is 1. The van der Waals surface area contributed by atoms with E-state index in [1.54, 1.807) is 12.1 Å². The predicted molar refractivity (Wildman–Crippen MR) is 135 cm³/mol. The number of anilines is 1. The van der Waals surface area contributed by atoms with Gasteiger partial charge < -0.3 is 5.32 Å². The van der Waals surface area contributed by atoms with Gasteiger partial charge in [-0.05, 0) is 95.1 Å². The second-order valence-corrected chi connectivity index (χ2v) is 10.3. The Morgan fingerprint density at radius 1 is 1.03 bits per heavy atom. The smallest absolute Gasteiger partial charge is 0.237 e. The molecule has 1 aromatic heterocycles. The van der Waals surface area contributed by atoms with E-state index in [2.05, 4.69) is 27.3 Å². The zero-order valence-electron chi connectivity index (χ0n) is 20.2. The summed E-state index contributed by atoms with van der Waals surface area (Å²) >= 11 is 1.36. The highest BCUT2D eigenvalue weighted by Gasteiger charge is 2.27. The molecule has 1 amide bonds. The second kappa shape index (κ2) is 10.7. The molecule has 34 heavy (non-hydrogen) atoms. The number of nitrogens with zero attached hydrogens (tertiary/aromatic N) is 4. The van der Waals surface area contributed by atoms with Crippen LogP contribution in [0.25, 0.3) is 5.69 Å². The van der Waals surface area contributed by atoms with Gasteiger partial charge in [0.05, 0.1) is 11.3 Å². The minimum absolute atomic E-state index is 0.0614. The normalized spacial score (nSPS) is 16.3. The Morgan fingerprint density at radius 3 is 2.44 bits per heavy atom. The molecule has 2 atom stereocenters. The number of hydrogen-bond acceptors (Lipinski definition) is 5. The van der Waals surface area contributed by atoms with E-state index >= 15 is 0 Å². The van der Waals surface area contributed by atoms with Gasteiger partial charge in [0.25, 0.3) is 0 Å². The standard InChI is InChI=1S/C26H32FN5OS/c1-17-8-9-18(2)23(16-17)28-25(33)20(4)34-26-30-29-24(19(3)31-14-6-5-7-15-31)32(26)22-12-10-21(27)11-13-22/h8-13,16,19-20H,5-7,14-15H2,1-4H3,(H,28,33). The molecule has 0 radical (unpaired) electrons. The van der Waals surface area contributed by atoms with E-state index in [-0.39, 0.29) is 17.8 Å². The van der Waals surface area contributed by atoms with Crippen molar-refractivity contribution in [1.82, 2.24) is 19.7 Å². The van der Waals surface area contributed by atoms with Crippen LogP contribution >= 0.6 is 11.8 Å². The van der Waals surface area contributed by atoms with Crippen LogP contribution in [0.1, 0.15) is 56.1 Å². The molecule has 1 aliphatic rings. The highest BCUT2D eigenvalue weighted by molar-refractivity contribution is 8.00. The molecule has 1 aliphatic heterocycles. The number of halogens is 1. The maximum atomic E-state index is 13.7. The van der Waals surface area contributed by atoms with Gasteiger partial charge in [-0.15, -0.1) is 10.2 Å². The first-order valence-electron chi connectivity index (χ1n) is 11.8. The molecule has 1 N–H and O–H groups in total. The Balaban J connectivity index is 1.60. The number of aromatic nitrogens is 3. The highest BCUT2D eigenvalue weighted by atomic mass is 32.2. The van der Waals surface area contributed by atoms with Gasteiger partial charge in [0.2, 0.25) is 5.91 Å². The summed E-state index contributed by atoms with van der Waals surface area (Å²) in [6.45, 7) is 10.0. The predicted octanol–water partition coefficient (Wildman–Crippen LogP) is 5.69. The van der Waals surface area contributed by atoms with Crippen molar-refractivity contribution in [3.63, 3.8) is 0 Å². The number of carbonyl (C=O) groups is 1. The third-order valence-electron chi connectivity index (χ3n) is 6.36. The van der Waals surface area contributed by atoms with Crippen LogP contribution in [-0.2, 0) is 4.79 Å². The molecule has 1 saturated heterocycles. The number of rotatable bonds is 7. The van der Waals surface area contributed by atoms with Gasteiger partial charge in [0, 0.05) is 11.4 Å². The van der Waals surface area contributed by atoms with Crippen LogP contribution in [0.5, 0.6) is 0 Å². The molecule has 2 heterocycles. The first-order valence-corrected chi connectivity index (χ1v) is 12.7. The number of nitrogens with one attached hydrogen (secondary N) is 1. The summed E-state index contributed by atoms with van der Waals surface area (Å²) in [5.74, 6) is 0.411. The van der Waals surface area contributed by atoms with Crippen molar-refractivity contribution in [3.05, 3.63) is 65.2 Å². The quantitative estimate of drug-likeness (QED) is 0.439. The average molecular weight is 482 g/mol. The van der Waals surface area contributed by atoms with Crippen LogP contribution in [0.2, 0.25) is 0 Å². The van der Waals surface area contributed by atoms with Crippen molar-refractivity contribution in [1.29, 1.82) is 0 Å². The fourth-order valence-electron chi connectivity index (χ4n) is 4.25. The van der Waals surface area contributed by atoms with Crippen molar-refractivity contribution in [2.45, 2.75) is 63.4 Å². The molecule has 3 aromatic rings. The van der Waals surface area contributed by atoms with E-state index in [0.29, 0.717) is 5.16 Å². The van der Waals surface area contributed by atoms with Gasteiger partial charge in [0.1, 0.15) is 5.82 Å². The molecule has 8 heteroatoms. The zero-order valence-corrected chi connectivity index (χ0v) is 21.0. The lowest BCUT2D eigenvalue weighted by atomic mass is 10.1. The van der Waals surface area contributed by atoms with Crippen LogP contribution in [-0.4, -0.2) is 43.9 Å².